The molecule has 2 aromatic rings. The van der Waals surface area contributed by atoms with E-state index in [1.165, 1.54) is 11.1 Å². The molecular formula is C17H19NO2S. The maximum absolute atomic E-state index is 11.9. The number of ether oxygens (including phenoxy) is 1. The molecule has 0 amide bonds. The normalized spacial score (nSPS) is 10.4. The molecule has 0 saturated carbocycles. The van der Waals surface area contributed by atoms with Crippen molar-refractivity contribution in [3.63, 3.8) is 0 Å². The van der Waals surface area contributed by atoms with Gasteiger partial charge in [0.05, 0.1) is 17.9 Å². The van der Waals surface area contributed by atoms with Crippen LogP contribution in [0.15, 0.2) is 46.2 Å². The van der Waals surface area contributed by atoms with Crippen molar-refractivity contribution in [2.24, 2.45) is 0 Å². The van der Waals surface area contributed by atoms with Gasteiger partial charge in [-0.15, -0.1) is 0 Å². The van der Waals surface area contributed by atoms with Gasteiger partial charge in [-0.05, 0) is 50.1 Å². The number of carbonyl (C=O) groups is 1. The van der Waals surface area contributed by atoms with Gasteiger partial charge in [-0.3, -0.25) is 0 Å². The average molecular weight is 301 g/mol. The van der Waals surface area contributed by atoms with Gasteiger partial charge in [0.15, 0.2) is 0 Å². The lowest BCUT2D eigenvalue weighted by Gasteiger charge is -2.11. The van der Waals surface area contributed by atoms with Crippen molar-refractivity contribution in [2.45, 2.75) is 30.6 Å². The number of nitrogens with two attached hydrogens (primary N) is 1. The van der Waals surface area contributed by atoms with Gasteiger partial charge < -0.3 is 10.5 Å². The van der Waals surface area contributed by atoms with Gasteiger partial charge >= 0.3 is 5.97 Å². The molecule has 0 saturated heterocycles. The van der Waals surface area contributed by atoms with Crippen molar-refractivity contribution in [3.8, 4) is 0 Å². The first-order valence-electron chi connectivity index (χ1n) is 6.83. The molecule has 21 heavy (non-hydrogen) atoms. The maximum atomic E-state index is 11.9. The lowest BCUT2D eigenvalue weighted by molar-refractivity contribution is 0.0527. The largest absolute Gasteiger partial charge is 0.462 e. The summed E-state index contributed by atoms with van der Waals surface area (Å²) < 4.78 is 5.03. The number of hydrogen-bond acceptors (Lipinski definition) is 4. The molecule has 0 fully saturated rings. The highest BCUT2D eigenvalue weighted by Gasteiger charge is 2.14. The first kappa shape index (κ1) is 15.4. The Hall–Kier alpha value is -1.94. The molecule has 2 aromatic carbocycles. The van der Waals surface area contributed by atoms with Crippen LogP contribution < -0.4 is 5.73 Å². The molecule has 2 N–H and O–H groups in total. The summed E-state index contributed by atoms with van der Waals surface area (Å²) in [6.45, 7) is 6.24. The van der Waals surface area contributed by atoms with Gasteiger partial charge in [0, 0.05) is 9.79 Å². The Labute approximate surface area is 129 Å². The fourth-order valence-corrected chi connectivity index (χ4v) is 3.03. The van der Waals surface area contributed by atoms with E-state index in [1.807, 2.05) is 12.1 Å². The van der Waals surface area contributed by atoms with E-state index in [4.69, 9.17) is 10.5 Å². The van der Waals surface area contributed by atoms with Crippen LogP contribution in [0.4, 0.5) is 5.69 Å². The molecule has 4 heteroatoms. The zero-order valence-corrected chi connectivity index (χ0v) is 13.3. The van der Waals surface area contributed by atoms with E-state index >= 15 is 0 Å². The lowest BCUT2D eigenvalue weighted by atomic mass is 10.2. The monoisotopic (exact) mass is 301 g/mol. The standard InChI is InChI=1S/C17H19NO2S/c1-4-20-17(19)13-6-5-7-14(16(13)18)21-15-10-11(2)8-9-12(15)3/h5-10H,4,18H2,1-3H3. The van der Waals surface area contributed by atoms with E-state index in [2.05, 4.69) is 32.0 Å². The molecule has 0 aromatic heterocycles. The van der Waals surface area contributed by atoms with Crippen molar-refractivity contribution in [3.05, 3.63) is 53.1 Å². The van der Waals surface area contributed by atoms with E-state index < -0.39 is 0 Å². The topological polar surface area (TPSA) is 52.3 Å². The molecule has 0 bridgehead atoms. The van der Waals surface area contributed by atoms with E-state index in [1.54, 1.807) is 24.8 Å². The number of esters is 1. The fraction of sp³-hybridized carbons (Fsp3) is 0.235. The number of para-hydroxylation sites is 1. The van der Waals surface area contributed by atoms with Crippen molar-refractivity contribution < 1.29 is 9.53 Å². The molecule has 0 aliphatic heterocycles. The summed E-state index contributed by atoms with van der Waals surface area (Å²) in [4.78, 5) is 13.9. The van der Waals surface area contributed by atoms with Gasteiger partial charge in [0.2, 0.25) is 0 Å². The van der Waals surface area contributed by atoms with Crippen LogP contribution in [-0.4, -0.2) is 12.6 Å². The highest BCUT2D eigenvalue weighted by atomic mass is 32.2. The van der Waals surface area contributed by atoms with Crippen molar-refractivity contribution in [2.75, 3.05) is 12.3 Å². The summed E-state index contributed by atoms with van der Waals surface area (Å²) in [5, 5.41) is 0. The molecule has 0 radical (unpaired) electrons. The molecule has 110 valence electrons. The molecule has 0 aliphatic carbocycles. The van der Waals surface area contributed by atoms with E-state index in [0.29, 0.717) is 17.9 Å². The van der Waals surface area contributed by atoms with Crippen LogP contribution in [0.1, 0.15) is 28.4 Å². The zero-order valence-electron chi connectivity index (χ0n) is 12.5. The molecular weight excluding hydrogens is 282 g/mol. The van der Waals surface area contributed by atoms with Crippen LogP contribution in [0.5, 0.6) is 0 Å². The highest BCUT2D eigenvalue weighted by molar-refractivity contribution is 7.99. The number of anilines is 1. The summed E-state index contributed by atoms with van der Waals surface area (Å²) in [5.74, 6) is -0.376. The number of nitrogen functional groups attached to an aromatic ring is 1. The molecule has 0 heterocycles. The minimum atomic E-state index is -0.376. The van der Waals surface area contributed by atoms with Crippen LogP contribution >= 0.6 is 11.8 Å². The molecule has 0 unspecified atom stereocenters. The smallest absolute Gasteiger partial charge is 0.340 e. The van der Waals surface area contributed by atoms with Crippen LogP contribution in [0.3, 0.4) is 0 Å². The summed E-state index contributed by atoms with van der Waals surface area (Å²) in [5.41, 5.74) is 9.41. The second kappa shape index (κ2) is 6.68. The summed E-state index contributed by atoms with van der Waals surface area (Å²) in [6.07, 6.45) is 0. The van der Waals surface area contributed by atoms with Gasteiger partial charge in [0.25, 0.3) is 0 Å². The number of carbonyl (C=O) groups excluding carboxylic acids is 1. The summed E-state index contributed by atoms with van der Waals surface area (Å²) >= 11 is 1.57. The Balaban J connectivity index is 2.35. The predicted molar refractivity (Wildman–Crippen MR) is 86.8 cm³/mol. The third-order valence-electron chi connectivity index (χ3n) is 3.13. The van der Waals surface area contributed by atoms with Crippen LogP contribution in [0, 0.1) is 13.8 Å². The van der Waals surface area contributed by atoms with Gasteiger partial charge in [-0.2, -0.15) is 0 Å². The highest BCUT2D eigenvalue weighted by Crippen LogP contribution is 2.36. The maximum Gasteiger partial charge on any atom is 0.340 e. The number of hydrogen-bond donors (Lipinski definition) is 1. The summed E-state index contributed by atoms with van der Waals surface area (Å²) in [6, 6.07) is 11.7. The van der Waals surface area contributed by atoms with Crippen molar-refractivity contribution >= 4 is 23.4 Å². The van der Waals surface area contributed by atoms with E-state index in [9.17, 15) is 4.79 Å². The SMILES string of the molecule is CCOC(=O)c1cccc(Sc2cc(C)ccc2C)c1N. The molecule has 0 spiro atoms. The third kappa shape index (κ3) is 3.58. The Bertz CT molecular complexity index is 668. The quantitative estimate of drug-likeness (QED) is 0.679. The fourth-order valence-electron chi connectivity index (χ4n) is 1.96. The van der Waals surface area contributed by atoms with E-state index in [0.717, 1.165) is 9.79 Å². The molecule has 2 rings (SSSR count). The third-order valence-corrected chi connectivity index (χ3v) is 4.36. The second-order valence-electron chi connectivity index (χ2n) is 4.81. The van der Waals surface area contributed by atoms with Crippen LogP contribution in [-0.2, 0) is 4.74 Å². The Morgan fingerprint density at radius 2 is 1.95 bits per heavy atom. The van der Waals surface area contributed by atoms with Gasteiger partial charge in [0.1, 0.15) is 0 Å². The van der Waals surface area contributed by atoms with Gasteiger partial charge in [-0.25, -0.2) is 4.79 Å². The first-order chi connectivity index (χ1) is 10.0. The summed E-state index contributed by atoms with van der Waals surface area (Å²) in [7, 11) is 0. The second-order valence-corrected chi connectivity index (χ2v) is 5.89. The molecule has 3 nitrogen and oxygen atoms in total. The Morgan fingerprint density at radius 3 is 2.67 bits per heavy atom. The van der Waals surface area contributed by atoms with Gasteiger partial charge in [-0.1, -0.05) is 30.0 Å². The predicted octanol–water partition coefficient (Wildman–Crippen LogP) is 4.21. The number of benzene rings is 2. The van der Waals surface area contributed by atoms with Crippen LogP contribution in [0.25, 0.3) is 0 Å². The van der Waals surface area contributed by atoms with E-state index in [-0.39, 0.29) is 5.97 Å². The number of aryl methyl sites for hydroxylation is 2. The molecule has 0 aliphatic rings. The first-order valence-corrected chi connectivity index (χ1v) is 7.65. The average Bonchev–Trinajstić information content (AvgIpc) is 2.45. The molecule has 0 atom stereocenters. The Kier molecular flexibility index (Phi) is 4.91. The minimum Gasteiger partial charge on any atom is -0.462 e. The van der Waals surface area contributed by atoms with Crippen molar-refractivity contribution in [1.82, 2.24) is 0 Å². The zero-order chi connectivity index (χ0) is 15.4. The minimum absolute atomic E-state index is 0.340. The van der Waals surface area contributed by atoms with Crippen LogP contribution in [0.2, 0.25) is 0 Å². The lowest BCUT2D eigenvalue weighted by Crippen LogP contribution is -2.08. The number of rotatable bonds is 4. The Morgan fingerprint density at radius 1 is 1.19 bits per heavy atom. The van der Waals surface area contributed by atoms with Crippen molar-refractivity contribution in [1.29, 1.82) is 0 Å².